The second-order valence-corrected chi connectivity index (χ2v) is 2.26. The van der Waals surface area contributed by atoms with E-state index in [1.807, 2.05) is 6.07 Å². The number of hydrogen-bond donors (Lipinski definition) is 0. The number of hydrogen-bond acceptors (Lipinski definition) is 3. The van der Waals surface area contributed by atoms with Gasteiger partial charge in [0.2, 0.25) is 0 Å². The molecule has 0 amide bonds. The average Bonchev–Trinajstić information content (AvgIpc) is 2.06. The fraction of sp³-hybridized carbons (Fsp3) is 0.375. The molecule has 1 heterocycles. The van der Waals surface area contributed by atoms with E-state index in [9.17, 15) is 0 Å². The molecule has 0 fully saturated rings. The Morgan fingerprint density at radius 1 is 1.55 bits per heavy atom. The summed E-state index contributed by atoms with van der Waals surface area (Å²) in [6.45, 7) is 2.07. The summed E-state index contributed by atoms with van der Waals surface area (Å²) in [6.07, 6.45) is 5.09. The summed E-state index contributed by atoms with van der Waals surface area (Å²) in [4.78, 5) is 7.95. The van der Waals surface area contributed by atoms with Crippen molar-refractivity contribution in [1.82, 2.24) is 9.97 Å². The second kappa shape index (κ2) is 3.67. The van der Waals surface area contributed by atoms with Crippen LogP contribution in [0.15, 0.2) is 12.4 Å². The molecule has 1 rings (SSSR count). The maximum Gasteiger partial charge on any atom is 0.159 e. The van der Waals surface area contributed by atoms with E-state index in [2.05, 4.69) is 16.9 Å². The lowest BCUT2D eigenvalue weighted by Gasteiger charge is -1.94. The number of nitriles is 1. The Bertz CT molecular complexity index is 275. The fourth-order valence-corrected chi connectivity index (χ4v) is 0.837. The molecule has 0 radical (unpaired) electrons. The third kappa shape index (κ3) is 2.01. The summed E-state index contributed by atoms with van der Waals surface area (Å²) in [5.74, 6) is 0. The van der Waals surface area contributed by atoms with Gasteiger partial charge in [-0.05, 0) is 6.42 Å². The normalized spacial score (nSPS) is 9.09. The van der Waals surface area contributed by atoms with Gasteiger partial charge in [0, 0.05) is 6.20 Å². The summed E-state index contributed by atoms with van der Waals surface area (Å²) >= 11 is 0. The zero-order chi connectivity index (χ0) is 8.10. The minimum atomic E-state index is 0.399. The summed E-state index contributed by atoms with van der Waals surface area (Å²) in [7, 11) is 0. The molecule has 0 aromatic carbocycles. The van der Waals surface area contributed by atoms with E-state index in [1.165, 1.54) is 6.20 Å². The van der Waals surface area contributed by atoms with Crippen LogP contribution in [0.25, 0.3) is 0 Å². The standard InChI is InChI=1S/C8H9N3/c1-2-3-7-5-10-6-8(4-9)11-7/h5-6H,2-3H2,1H3. The average molecular weight is 147 g/mol. The van der Waals surface area contributed by atoms with Crippen molar-refractivity contribution in [3.05, 3.63) is 23.8 Å². The lowest BCUT2D eigenvalue weighted by atomic mass is 10.2. The highest BCUT2D eigenvalue weighted by Crippen LogP contribution is 1.97. The van der Waals surface area contributed by atoms with Crippen LogP contribution in [0.5, 0.6) is 0 Å². The van der Waals surface area contributed by atoms with Crippen LogP contribution in [0.1, 0.15) is 24.7 Å². The molecule has 0 aliphatic rings. The third-order valence-electron chi connectivity index (χ3n) is 1.31. The first-order chi connectivity index (χ1) is 5.36. The van der Waals surface area contributed by atoms with Crippen LogP contribution in [-0.2, 0) is 6.42 Å². The largest absolute Gasteiger partial charge is 0.260 e. The van der Waals surface area contributed by atoms with Gasteiger partial charge in [-0.1, -0.05) is 13.3 Å². The van der Waals surface area contributed by atoms with Crippen molar-refractivity contribution in [3.8, 4) is 6.07 Å². The quantitative estimate of drug-likeness (QED) is 0.633. The second-order valence-electron chi connectivity index (χ2n) is 2.26. The Balaban J connectivity index is 2.85. The third-order valence-corrected chi connectivity index (χ3v) is 1.31. The van der Waals surface area contributed by atoms with E-state index in [1.54, 1.807) is 6.20 Å². The molecule has 0 bridgehead atoms. The molecule has 56 valence electrons. The van der Waals surface area contributed by atoms with Crippen molar-refractivity contribution in [2.45, 2.75) is 19.8 Å². The Hall–Kier alpha value is -1.43. The summed E-state index contributed by atoms with van der Waals surface area (Å²) in [5, 5.41) is 8.48. The molecule has 3 heteroatoms. The van der Waals surface area contributed by atoms with Crippen LogP contribution < -0.4 is 0 Å². The van der Waals surface area contributed by atoms with Gasteiger partial charge in [0.1, 0.15) is 6.07 Å². The smallest absolute Gasteiger partial charge is 0.159 e. The highest BCUT2D eigenvalue weighted by atomic mass is 14.8. The van der Waals surface area contributed by atoms with Gasteiger partial charge < -0.3 is 0 Å². The summed E-state index contributed by atoms with van der Waals surface area (Å²) < 4.78 is 0. The zero-order valence-corrected chi connectivity index (χ0v) is 6.41. The van der Waals surface area contributed by atoms with E-state index >= 15 is 0 Å². The van der Waals surface area contributed by atoms with Crippen LogP contribution >= 0.6 is 0 Å². The van der Waals surface area contributed by atoms with E-state index in [0.717, 1.165) is 18.5 Å². The highest BCUT2D eigenvalue weighted by Gasteiger charge is 1.94. The first kappa shape index (κ1) is 7.67. The van der Waals surface area contributed by atoms with Crippen molar-refractivity contribution < 1.29 is 0 Å². The fourth-order valence-electron chi connectivity index (χ4n) is 0.837. The monoisotopic (exact) mass is 147 g/mol. The molecule has 1 aromatic heterocycles. The van der Waals surface area contributed by atoms with E-state index in [-0.39, 0.29) is 0 Å². The van der Waals surface area contributed by atoms with Crippen LogP contribution in [-0.4, -0.2) is 9.97 Å². The molecule has 0 saturated heterocycles. The topological polar surface area (TPSA) is 49.6 Å². The van der Waals surface area contributed by atoms with Crippen LogP contribution in [0.4, 0.5) is 0 Å². The van der Waals surface area contributed by atoms with Crippen LogP contribution in [0, 0.1) is 11.3 Å². The maximum absolute atomic E-state index is 8.48. The van der Waals surface area contributed by atoms with Gasteiger partial charge in [0.15, 0.2) is 5.69 Å². The highest BCUT2D eigenvalue weighted by molar-refractivity contribution is 5.17. The summed E-state index contributed by atoms with van der Waals surface area (Å²) in [6, 6.07) is 1.95. The molecule has 0 aliphatic heterocycles. The first-order valence-electron chi connectivity index (χ1n) is 3.58. The van der Waals surface area contributed by atoms with E-state index in [4.69, 9.17) is 5.26 Å². The van der Waals surface area contributed by atoms with Gasteiger partial charge in [-0.3, -0.25) is 4.98 Å². The first-order valence-corrected chi connectivity index (χ1v) is 3.58. The van der Waals surface area contributed by atoms with Gasteiger partial charge in [-0.15, -0.1) is 0 Å². The molecule has 0 spiro atoms. The molecular weight excluding hydrogens is 138 g/mol. The minimum absolute atomic E-state index is 0.399. The number of aromatic nitrogens is 2. The molecule has 11 heavy (non-hydrogen) atoms. The zero-order valence-electron chi connectivity index (χ0n) is 6.41. The van der Waals surface area contributed by atoms with Crippen molar-refractivity contribution in [2.75, 3.05) is 0 Å². The van der Waals surface area contributed by atoms with Crippen molar-refractivity contribution in [3.63, 3.8) is 0 Å². The van der Waals surface area contributed by atoms with Crippen LogP contribution in [0.2, 0.25) is 0 Å². The van der Waals surface area contributed by atoms with Gasteiger partial charge in [-0.25, -0.2) is 4.98 Å². The number of aryl methyl sites for hydroxylation is 1. The SMILES string of the molecule is CCCc1cncc(C#N)n1. The predicted molar refractivity (Wildman–Crippen MR) is 40.7 cm³/mol. The van der Waals surface area contributed by atoms with Crippen molar-refractivity contribution in [2.24, 2.45) is 0 Å². The molecule has 0 N–H and O–H groups in total. The number of nitrogens with zero attached hydrogens (tertiary/aromatic N) is 3. The van der Waals surface area contributed by atoms with Crippen molar-refractivity contribution >= 4 is 0 Å². The van der Waals surface area contributed by atoms with Gasteiger partial charge >= 0.3 is 0 Å². The number of rotatable bonds is 2. The Kier molecular flexibility index (Phi) is 2.56. The van der Waals surface area contributed by atoms with E-state index in [0.29, 0.717) is 5.69 Å². The molecule has 0 aliphatic carbocycles. The van der Waals surface area contributed by atoms with Crippen molar-refractivity contribution in [1.29, 1.82) is 5.26 Å². The lowest BCUT2D eigenvalue weighted by molar-refractivity contribution is 0.866. The minimum Gasteiger partial charge on any atom is -0.260 e. The molecule has 3 nitrogen and oxygen atoms in total. The lowest BCUT2D eigenvalue weighted by Crippen LogP contribution is -1.93. The molecule has 0 saturated carbocycles. The van der Waals surface area contributed by atoms with Gasteiger partial charge in [-0.2, -0.15) is 5.26 Å². The molecule has 1 aromatic rings. The Morgan fingerprint density at radius 3 is 3.00 bits per heavy atom. The van der Waals surface area contributed by atoms with Gasteiger partial charge in [0.05, 0.1) is 11.9 Å². The van der Waals surface area contributed by atoms with Crippen LogP contribution in [0.3, 0.4) is 0 Å². The van der Waals surface area contributed by atoms with E-state index < -0.39 is 0 Å². The maximum atomic E-state index is 8.48. The Labute approximate surface area is 65.7 Å². The molecule has 0 atom stereocenters. The Morgan fingerprint density at radius 2 is 2.36 bits per heavy atom. The van der Waals surface area contributed by atoms with Gasteiger partial charge in [0.25, 0.3) is 0 Å². The summed E-state index contributed by atoms with van der Waals surface area (Å²) in [5.41, 5.74) is 1.29. The predicted octanol–water partition coefficient (Wildman–Crippen LogP) is 1.30. The molecule has 0 unspecified atom stereocenters. The molecular formula is C8H9N3.